The zero-order chi connectivity index (χ0) is 22.7. The predicted molar refractivity (Wildman–Crippen MR) is 114 cm³/mol. The Balaban J connectivity index is 2.33. The Morgan fingerprint density at radius 2 is 1.77 bits per heavy atom. The minimum absolute atomic E-state index is 0.0624. The first-order valence-electron chi connectivity index (χ1n) is 9.56. The van der Waals surface area contributed by atoms with Gasteiger partial charge in [-0.25, -0.2) is 0 Å². The van der Waals surface area contributed by atoms with Crippen LogP contribution in [0, 0.1) is 6.92 Å². The van der Waals surface area contributed by atoms with Crippen LogP contribution >= 0.6 is 0 Å². The van der Waals surface area contributed by atoms with Crippen LogP contribution < -0.4 is 10.3 Å². The normalized spacial score (nSPS) is 11.8. The third-order valence-electron chi connectivity index (χ3n) is 5.28. The number of carboxylic acids is 1. The number of aromatic nitrogens is 1. The summed E-state index contributed by atoms with van der Waals surface area (Å²) in [6, 6.07) is 12.1. The van der Waals surface area contributed by atoms with Crippen molar-refractivity contribution in [3.63, 3.8) is 0 Å². The highest BCUT2D eigenvalue weighted by atomic mass is 16.5. The number of rotatable bonds is 7. The number of nitrogens with zero attached hydrogens (tertiary/aromatic N) is 1. The molecular formula is C23H23NO7. The molecule has 8 nitrogen and oxygen atoms in total. The number of aryl methyl sites for hydroxylation is 1. The van der Waals surface area contributed by atoms with Crippen molar-refractivity contribution in [2.24, 2.45) is 0 Å². The summed E-state index contributed by atoms with van der Waals surface area (Å²) in [5.74, 6) is -2.32. The molecule has 0 fully saturated rings. The lowest BCUT2D eigenvalue weighted by molar-refractivity contribution is -0.141. The molecule has 162 valence electrons. The summed E-state index contributed by atoms with van der Waals surface area (Å²) >= 11 is 0. The molecule has 3 rings (SSSR count). The Labute approximate surface area is 178 Å². The average Bonchev–Trinajstić information content (AvgIpc) is 2.74. The average molecular weight is 425 g/mol. The molecule has 0 saturated heterocycles. The van der Waals surface area contributed by atoms with Crippen molar-refractivity contribution in [1.82, 2.24) is 4.57 Å². The molecule has 0 unspecified atom stereocenters. The van der Waals surface area contributed by atoms with E-state index >= 15 is 0 Å². The van der Waals surface area contributed by atoms with Gasteiger partial charge in [0.25, 0.3) is 5.56 Å². The Bertz CT molecular complexity index is 1210. The highest BCUT2D eigenvalue weighted by Gasteiger charge is 2.28. The number of aliphatic carboxylic acids is 1. The molecular weight excluding hydrogens is 402 g/mol. The second-order valence-corrected chi connectivity index (χ2v) is 7.11. The van der Waals surface area contributed by atoms with E-state index in [0.717, 1.165) is 15.3 Å². The van der Waals surface area contributed by atoms with Crippen molar-refractivity contribution >= 4 is 22.7 Å². The van der Waals surface area contributed by atoms with Gasteiger partial charge in [-0.15, -0.1) is 0 Å². The molecule has 0 aliphatic heterocycles. The van der Waals surface area contributed by atoms with Crippen LogP contribution in [0.3, 0.4) is 0 Å². The third kappa shape index (κ3) is 4.23. The lowest BCUT2D eigenvalue weighted by Gasteiger charge is -2.22. The van der Waals surface area contributed by atoms with Crippen LogP contribution in [0.2, 0.25) is 0 Å². The second-order valence-electron chi connectivity index (χ2n) is 7.11. The molecule has 0 aliphatic rings. The van der Waals surface area contributed by atoms with Gasteiger partial charge in [0.1, 0.15) is 18.0 Å². The summed E-state index contributed by atoms with van der Waals surface area (Å²) in [4.78, 5) is 36.8. The number of esters is 1. The van der Waals surface area contributed by atoms with Crippen molar-refractivity contribution < 1.29 is 29.3 Å². The van der Waals surface area contributed by atoms with Gasteiger partial charge >= 0.3 is 11.9 Å². The molecule has 0 aliphatic carbocycles. The van der Waals surface area contributed by atoms with Crippen LogP contribution in [-0.2, 0) is 20.9 Å². The first-order chi connectivity index (χ1) is 14.8. The van der Waals surface area contributed by atoms with E-state index in [4.69, 9.17) is 9.47 Å². The quantitative estimate of drug-likeness (QED) is 0.559. The number of pyridine rings is 1. The summed E-state index contributed by atoms with van der Waals surface area (Å²) in [6.45, 7) is 0.970. The number of ether oxygens (including phenoxy) is 2. The summed E-state index contributed by atoms with van der Waals surface area (Å²) < 4.78 is 11.3. The van der Waals surface area contributed by atoms with E-state index in [-0.39, 0.29) is 17.7 Å². The number of carbonyl (C=O) groups excluding carboxylic acids is 1. The zero-order valence-corrected chi connectivity index (χ0v) is 17.4. The van der Waals surface area contributed by atoms with Gasteiger partial charge in [-0.05, 0) is 30.0 Å². The maximum atomic E-state index is 13.3. The Morgan fingerprint density at radius 3 is 2.39 bits per heavy atom. The van der Waals surface area contributed by atoms with E-state index in [1.54, 1.807) is 19.2 Å². The van der Waals surface area contributed by atoms with Gasteiger partial charge in [-0.2, -0.15) is 0 Å². The van der Waals surface area contributed by atoms with E-state index < -0.39 is 30.0 Å². The van der Waals surface area contributed by atoms with Gasteiger partial charge in [0.15, 0.2) is 0 Å². The molecule has 2 N–H and O–H groups in total. The SMILES string of the molecule is COC(=O)C[C@H](c1c(O)cc(C)n(CC(=O)O)c1=O)c1ccc(OC)c2ccccc12. The summed E-state index contributed by atoms with van der Waals surface area (Å²) in [5.41, 5.74) is 0.172. The standard InChI is InChI=1S/C23H23NO7/c1-13-10-18(25)22(23(29)24(13)12-20(26)27)17(11-21(28)31-3)15-8-9-19(30-2)16-7-5-4-6-14(15)16/h4-10,17,25H,11-12H2,1-3H3,(H,26,27)/t17-/m0/s1. The molecule has 31 heavy (non-hydrogen) atoms. The van der Waals surface area contributed by atoms with Crippen LogP contribution in [0.5, 0.6) is 11.5 Å². The van der Waals surface area contributed by atoms with Crippen molar-refractivity contribution in [3.05, 3.63) is 69.6 Å². The molecule has 0 saturated carbocycles. The number of carbonyl (C=O) groups is 2. The van der Waals surface area contributed by atoms with Crippen LogP contribution in [0.1, 0.15) is 29.2 Å². The lowest BCUT2D eigenvalue weighted by Crippen LogP contribution is -2.31. The number of aromatic hydroxyl groups is 1. The predicted octanol–water partition coefficient (Wildman–Crippen LogP) is 2.80. The first-order valence-corrected chi connectivity index (χ1v) is 9.56. The fraction of sp³-hybridized carbons (Fsp3) is 0.261. The maximum absolute atomic E-state index is 13.3. The van der Waals surface area contributed by atoms with Gasteiger partial charge in [-0.3, -0.25) is 14.4 Å². The smallest absolute Gasteiger partial charge is 0.323 e. The van der Waals surface area contributed by atoms with E-state index in [1.807, 2.05) is 24.3 Å². The molecule has 3 aromatic rings. The Kier molecular flexibility index (Phi) is 6.29. The molecule has 1 aromatic heterocycles. The number of hydrogen-bond acceptors (Lipinski definition) is 6. The monoisotopic (exact) mass is 425 g/mol. The van der Waals surface area contributed by atoms with Crippen LogP contribution in [-0.4, -0.2) is 40.9 Å². The summed E-state index contributed by atoms with van der Waals surface area (Å²) in [6.07, 6.45) is -0.217. The highest BCUT2D eigenvalue weighted by Crippen LogP contribution is 2.38. The van der Waals surface area contributed by atoms with Crippen molar-refractivity contribution in [1.29, 1.82) is 0 Å². The summed E-state index contributed by atoms with van der Waals surface area (Å²) in [7, 11) is 2.78. The van der Waals surface area contributed by atoms with Crippen molar-refractivity contribution in [2.75, 3.05) is 14.2 Å². The van der Waals surface area contributed by atoms with Crippen LogP contribution in [0.4, 0.5) is 0 Å². The molecule has 8 heteroatoms. The summed E-state index contributed by atoms with van der Waals surface area (Å²) in [5, 5.41) is 21.4. The number of methoxy groups -OCH3 is 2. The van der Waals surface area contributed by atoms with E-state index in [9.17, 15) is 24.6 Å². The third-order valence-corrected chi connectivity index (χ3v) is 5.28. The van der Waals surface area contributed by atoms with Gasteiger partial charge in [0, 0.05) is 17.0 Å². The molecule has 1 atom stereocenters. The van der Waals surface area contributed by atoms with E-state index in [2.05, 4.69) is 0 Å². The van der Waals surface area contributed by atoms with Gasteiger partial charge in [0.05, 0.1) is 26.2 Å². The molecule has 0 spiro atoms. The molecule has 2 aromatic carbocycles. The molecule has 0 radical (unpaired) electrons. The topological polar surface area (TPSA) is 115 Å². The van der Waals surface area contributed by atoms with Crippen LogP contribution in [0.15, 0.2) is 47.3 Å². The maximum Gasteiger partial charge on any atom is 0.323 e. The minimum atomic E-state index is -1.19. The number of hydrogen-bond donors (Lipinski definition) is 2. The minimum Gasteiger partial charge on any atom is -0.507 e. The fourth-order valence-electron chi connectivity index (χ4n) is 3.82. The molecule has 1 heterocycles. The second kappa shape index (κ2) is 8.91. The first kappa shape index (κ1) is 21.9. The van der Waals surface area contributed by atoms with E-state index in [0.29, 0.717) is 17.0 Å². The molecule has 0 bridgehead atoms. The number of benzene rings is 2. The Hall–Kier alpha value is -3.81. The number of carboxylic acid groups (broad SMARTS) is 1. The largest absolute Gasteiger partial charge is 0.507 e. The van der Waals surface area contributed by atoms with Crippen molar-refractivity contribution in [2.45, 2.75) is 25.8 Å². The molecule has 0 amide bonds. The lowest BCUT2D eigenvalue weighted by atomic mass is 9.85. The number of fused-ring (bicyclic) bond motifs is 1. The van der Waals surface area contributed by atoms with Crippen molar-refractivity contribution in [3.8, 4) is 11.5 Å². The Morgan fingerprint density at radius 1 is 1.10 bits per heavy atom. The van der Waals surface area contributed by atoms with Gasteiger partial charge in [-0.1, -0.05) is 30.3 Å². The van der Waals surface area contributed by atoms with Gasteiger partial charge in [0.2, 0.25) is 0 Å². The zero-order valence-electron chi connectivity index (χ0n) is 17.4. The van der Waals surface area contributed by atoms with Gasteiger partial charge < -0.3 is 24.3 Å². The van der Waals surface area contributed by atoms with Crippen LogP contribution in [0.25, 0.3) is 10.8 Å². The van der Waals surface area contributed by atoms with E-state index in [1.165, 1.54) is 20.1 Å². The fourth-order valence-corrected chi connectivity index (χ4v) is 3.82. The highest BCUT2D eigenvalue weighted by molar-refractivity contribution is 5.92.